The summed E-state index contributed by atoms with van der Waals surface area (Å²) < 4.78 is 0. The first-order chi connectivity index (χ1) is 6.70. The SMILES string of the molecule is Cc1nc2c(c(C)c1N)C1=CCCC12. The van der Waals surface area contributed by atoms with Gasteiger partial charge in [0.1, 0.15) is 0 Å². The molecule has 0 amide bonds. The Hall–Kier alpha value is -1.31. The second-order valence-corrected chi connectivity index (χ2v) is 4.29. The van der Waals surface area contributed by atoms with Crippen molar-refractivity contribution in [3.8, 4) is 0 Å². The molecule has 14 heavy (non-hydrogen) atoms. The van der Waals surface area contributed by atoms with E-state index in [2.05, 4.69) is 18.0 Å². The van der Waals surface area contributed by atoms with Gasteiger partial charge in [-0.2, -0.15) is 0 Å². The lowest BCUT2D eigenvalue weighted by atomic mass is 9.75. The molecule has 2 heteroatoms. The fourth-order valence-electron chi connectivity index (χ4n) is 2.70. The van der Waals surface area contributed by atoms with E-state index in [4.69, 9.17) is 5.73 Å². The van der Waals surface area contributed by atoms with Crippen molar-refractivity contribution in [1.29, 1.82) is 0 Å². The third kappa shape index (κ3) is 0.746. The van der Waals surface area contributed by atoms with Crippen LogP contribution in [0.25, 0.3) is 5.57 Å². The number of aromatic nitrogens is 1. The Morgan fingerprint density at radius 2 is 2.21 bits per heavy atom. The van der Waals surface area contributed by atoms with Crippen LogP contribution in [0.2, 0.25) is 0 Å². The summed E-state index contributed by atoms with van der Waals surface area (Å²) in [5.41, 5.74) is 13.2. The first-order valence-corrected chi connectivity index (χ1v) is 5.17. The zero-order valence-electron chi connectivity index (χ0n) is 8.59. The predicted molar refractivity (Wildman–Crippen MR) is 58.1 cm³/mol. The number of aryl methyl sites for hydroxylation is 1. The summed E-state index contributed by atoms with van der Waals surface area (Å²) >= 11 is 0. The lowest BCUT2D eigenvalue weighted by Crippen LogP contribution is -2.19. The summed E-state index contributed by atoms with van der Waals surface area (Å²) in [6, 6.07) is 0. The number of rotatable bonds is 0. The molecule has 0 aliphatic heterocycles. The number of nitrogens with zero attached hydrogens (tertiary/aromatic N) is 1. The van der Waals surface area contributed by atoms with E-state index in [0.717, 1.165) is 11.4 Å². The van der Waals surface area contributed by atoms with Gasteiger partial charge < -0.3 is 5.73 Å². The summed E-state index contributed by atoms with van der Waals surface area (Å²) in [7, 11) is 0. The molecule has 1 atom stereocenters. The van der Waals surface area contributed by atoms with Gasteiger partial charge in [-0.1, -0.05) is 6.08 Å². The maximum atomic E-state index is 5.98. The van der Waals surface area contributed by atoms with Gasteiger partial charge in [0.15, 0.2) is 0 Å². The van der Waals surface area contributed by atoms with E-state index in [1.54, 1.807) is 0 Å². The number of hydrogen-bond acceptors (Lipinski definition) is 2. The standard InChI is InChI=1S/C12H14N2/c1-6-10-8-4-3-5-9(8)12(10)14-7(2)11(6)13/h4,9H,3,5,13H2,1-2H3. The van der Waals surface area contributed by atoms with Crippen LogP contribution in [0.3, 0.4) is 0 Å². The second-order valence-electron chi connectivity index (χ2n) is 4.29. The molecule has 1 aromatic heterocycles. The van der Waals surface area contributed by atoms with E-state index in [1.165, 1.54) is 35.2 Å². The normalized spacial score (nSPS) is 22.4. The summed E-state index contributed by atoms with van der Waals surface area (Å²) in [6.07, 6.45) is 4.79. The summed E-state index contributed by atoms with van der Waals surface area (Å²) in [6.45, 7) is 4.11. The monoisotopic (exact) mass is 186 g/mol. The Kier molecular flexibility index (Phi) is 1.37. The van der Waals surface area contributed by atoms with Crippen LogP contribution in [-0.2, 0) is 0 Å². The average Bonchev–Trinajstić information content (AvgIpc) is 2.55. The molecule has 2 N–H and O–H groups in total. The Balaban J connectivity index is 2.29. The lowest BCUT2D eigenvalue weighted by Gasteiger charge is -2.31. The molecule has 0 spiro atoms. The number of nitrogens with two attached hydrogens (primary N) is 1. The Morgan fingerprint density at radius 3 is 3.00 bits per heavy atom. The molecule has 3 rings (SSSR count). The molecule has 0 fully saturated rings. The summed E-state index contributed by atoms with van der Waals surface area (Å²) in [5, 5.41) is 0. The number of anilines is 1. The molecule has 0 aromatic carbocycles. The smallest absolute Gasteiger partial charge is 0.0608 e. The molecule has 72 valence electrons. The van der Waals surface area contributed by atoms with Gasteiger partial charge in [0.2, 0.25) is 0 Å². The second kappa shape index (κ2) is 2.38. The van der Waals surface area contributed by atoms with Crippen LogP contribution in [-0.4, -0.2) is 4.98 Å². The lowest BCUT2D eigenvalue weighted by molar-refractivity contribution is 0.739. The average molecular weight is 186 g/mol. The molecule has 2 aliphatic carbocycles. The Bertz CT molecular complexity index is 458. The van der Waals surface area contributed by atoms with E-state index >= 15 is 0 Å². The Labute approximate surface area is 83.8 Å². The van der Waals surface area contributed by atoms with Gasteiger partial charge in [-0.15, -0.1) is 0 Å². The van der Waals surface area contributed by atoms with E-state index in [0.29, 0.717) is 5.92 Å². The zero-order valence-corrected chi connectivity index (χ0v) is 8.59. The zero-order chi connectivity index (χ0) is 9.87. The molecule has 1 heterocycles. The maximum Gasteiger partial charge on any atom is 0.0608 e. The van der Waals surface area contributed by atoms with E-state index in [1.807, 2.05) is 6.92 Å². The first kappa shape index (κ1) is 8.04. The van der Waals surface area contributed by atoms with Crippen LogP contribution >= 0.6 is 0 Å². The van der Waals surface area contributed by atoms with Crippen LogP contribution in [0.4, 0.5) is 5.69 Å². The molecule has 0 saturated heterocycles. The van der Waals surface area contributed by atoms with Gasteiger partial charge in [-0.25, -0.2) is 0 Å². The van der Waals surface area contributed by atoms with Gasteiger partial charge >= 0.3 is 0 Å². The number of hydrogen-bond donors (Lipinski definition) is 1. The van der Waals surface area contributed by atoms with Crippen molar-refractivity contribution >= 4 is 11.3 Å². The van der Waals surface area contributed by atoms with E-state index in [9.17, 15) is 0 Å². The van der Waals surface area contributed by atoms with Crippen molar-refractivity contribution in [3.05, 3.63) is 28.6 Å². The van der Waals surface area contributed by atoms with Crippen molar-refractivity contribution in [2.75, 3.05) is 5.73 Å². The predicted octanol–water partition coefficient (Wildman–Crippen LogP) is 2.56. The maximum absolute atomic E-state index is 5.98. The molecule has 1 aromatic rings. The number of pyridine rings is 1. The molecule has 0 saturated carbocycles. The molecule has 0 bridgehead atoms. The Morgan fingerprint density at radius 1 is 1.43 bits per heavy atom. The summed E-state index contributed by atoms with van der Waals surface area (Å²) in [5.74, 6) is 0.628. The van der Waals surface area contributed by atoms with Crippen molar-refractivity contribution in [2.45, 2.75) is 32.6 Å². The molecule has 1 unspecified atom stereocenters. The van der Waals surface area contributed by atoms with Crippen molar-refractivity contribution in [3.63, 3.8) is 0 Å². The molecule has 0 radical (unpaired) electrons. The van der Waals surface area contributed by atoms with Gasteiger partial charge in [0.25, 0.3) is 0 Å². The highest BCUT2D eigenvalue weighted by Crippen LogP contribution is 2.53. The van der Waals surface area contributed by atoms with Crippen LogP contribution in [0.15, 0.2) is 6.08 Å². The largest absolute Gasteiger partial charge is 0.397 e. The topological polar surface area (TPSA) is 38.9 Å². The molecular formula is C12H14N2. The number of fused-ring (bicyclic) bond motifs is 4. The van der Waals surface area contributed by atoms with Gasteiger partial charge in [0, 0.05) is 11.5 Å². The minimum Gasteiger partial charge on any atom is -0.397 e. The van der Waals surface area contributed by atoms with Crippen LogP contribution < -0.4 is 5.73 Å². The highest BCUT2D eigenvalue weighted by Gasteiger charge is 2.38. The third-order valence-corrected chi connectivity index (χ3v) is 3.53. The number of allylic oxidation sites excluding steroid dienone is 2. The first-order valence-electron chi connectivity index (χ1n) is 5.17. The molecule has 2 nitrogen and oxygen atoms in total. The third-order valence-electron chi connectivity index (χ3n) is 3.53. The quantitative estimate of drug-likeness (QED) is 0.676. The van der Waals surface area contributed by atoms with E-state index < -0.39 is 0 Å². The minimum atomic E-state index is 0.628. The van der Waals surface area contributed by atoms with Crippen LogP contribution in [0.5, 0.6) is 0 Å². The van der Waals surface area contributed by atoms with E-state index in [-0.39, 0.29) is 0 Å². The van der Waals surface area contributed by atoms with Gasteiger partial charge in [-0.05, 0) is 37.8 Å². The number of nitrogen functional groups attached to an aromatic ring is 1. The molecular weight excluding hydrogens is 172 g/mol. The highest BCUT2D eigenvalue weighted by molar-refractivity contribution is 5.88. The summed E-state index contributed by atoms with van der Waals surface area (Å²) in [4.78, 5) is 4.60. The molecule has 2 aliphatic rings. The van der Waals surface area contributed by atoms with Crippen molar-refractivity contribution < 1.29 is 0 Å². The van der Waals surface area contributed by atoms with Gasteiger partial charge in [-0.3, -0.25) is 4.98 Å². The van der Waals surface area contributed by atoms with Crippen LogP contribution in [0.1, 0.15) is 41.3 Å². The highest BCUT2D eigenvalue weighted by atomic mass is 14.8. The fraction of sp³-hybridized carbons (Fsp3) is 0.417. The van der Waals surface area contributed by atoms with Gasteiger partial charge in [0.05, 0.1) is 17.1 Å². The van der Waals surface area contributed by atoms with Crippen molar-refractivity contribution in [1.82, 2.24) is 4.98 Å². The van der Waals surface area contributed by atoms with Crippen molar-refractivity contribution in [2.24, 2.45) is 0 Å². The fourth-order valence-corrected chi connectivity index (χ4v) is 2.70. The van der Waals surface area contributed by atoms with Crippen LogP contribution in [0, 0.1) is 13.8 Å². The minimum absolute atomic E-state index is 0.628.